The number of ether oxygens (including phenoxy) is 1. The van der Waals surface area contributed by atoms with Gasteiger partial charge in [-0.25, -0.2) is 9.37 Å². The Morgan fingerprint density at radius 1 is 1.47 bits per heavy atom. The lowest BCUT2D eigenvalue weighted by molar-refractivity contribution is 0.190. The minimum Gasteiger partial charge on any atom is -0.385 e. The first-order valence-corrected chi connectivity index (χ1v) is 6.30. The van der Waals surface area contributed by atoms with Crippen LogP contribution in [0, 0.1) is 5.82 Å². The van der Waals surface area contributed by atoms with Crippen molar-refractivity contribution in [2.45, 2.75) is 13.0 Å². The molecule has 1 aromatic carbocycles. The number of nitrogens with one attached hydrogen (secondary N) is 1. The number of rotatable bonds is 6. The van der Waals surface area contributed by atoms with Crippen molar-refractivity contribution in [3.8, 4) is 0 Å². The van der Waals surface area contributed by atoms with Gasteiger partial charge in [0.2, 0.25) is 5.95 Å². The molecule has 0 bridgehead atoms. The molecule has 19 heavy (non-hydrogen) atoms. The van der Waals surface area contributed by atoms with Gasteiger partial charge in [0, 0.05) is 38.3 Å². The van der Waals surface area contributed by atoms with Crippen molar-refractivity contribution >= 4 is 23.2 Å². The summed E-state index contributed by atoms with van der Waals surface area (Å²) in [5, 5.41) is 3.17. The second kappa shape index (κ2) is 6.54. The van der Waals surface area contributed by atoms with Gasteiger partial charge in [-0.3, -0.25) is 0 Å². The fourth-order valence-corrected chi connectivity index (χ4v) is 1.81. The molecule has 102 valence electrons. The summed E-state index contributed by atoms with van der Waals surface area (Å²) in [7, 11) is 1.67. The van der Waals surface area contributed by atoms with Gasteiger partial charge in [0.25, 0.3) is 0 Å². The normalized spacial score (nSPS) is 10.7. The van der Waals surface area contributed by atoms with E-state index in [9.17, 15) is 4.39 Å². The van der Waals surface area contributed by atoms with E-state index in [-0.39, 0.29) is 5.02 Å². The van der Waals surface area contributed by atoms with Gasteiger partial charge in [-0.05, 0) is 24.6 Å². The Morgan fingerprint density at radius 2 is 2.32 bits per heavy atom. The lowest BCUT2D eigenvalue weighted by Gasteiger charge is -2.10. The topological polar surface area (TPSA) is 39.1 Å². The number of benzene rings is 1. The average molecular weight is 284 g/mol. The van der Waals surface area contributed by atoms with Crippen LogP contribution in [0.5, 0.6) is 0 Å². The van der Waals surface area contributed by atoms with Gasteiger partial charge < -0.3 is 14.6 Å². The van der Waals surface area contributed by atoms with Gasteiger partial charge in [0.1, 0.15) is 5.82 Å². The van der Waals surface area contributed by atoms with E-state index in [2.05, 4.69) is 10.3 Å². The molecule has 0 spiro atoms. The first-order valence-electron chi connectivity index (χ1n) is 5.93. The molecular formula is C13H15ClFN3O. The first-order chi connectivity index (χ1) is 9.20. The monoisotopic (exact) mass is 283 g/mol. The number of methoxy groups -OCH3 is 1. The van der Waals surface area contributed by atoms with E-state index in [0.29, 0.717) is 18.2 Å². The predicted molar refractivity (Wildman–Crippen MR) is 73.4 cm³/mol. The predicted octanol–water partition coefficient (Wildman–Crippen LogP) is 3.46. The van der Waals surface area contributed by atoms with Crippen LogP contribution >= 0.6 is 11.6 Å². The Hall–Kier alpha value is -1.59. The van der Waals surface area contributed by atoms with Crippen LogP contribution in [0.4, 0.5) is 16.0 Å². The Bertz CT molecular complexity index is 544. The molecule has 0 saturated heterocycles. The number of imidazole rings is 1. The van der Waals surface area contributed by atoms with Crippen LogP contribution in [0.15, 0.2) is 30.6 Å². The molecular weight excluding hydrogens is 269 g/mol. The van der Waals surface area contributed by atoms with E-state index < -0.39 is 5.82 Å². The number of hydrogen-bond donors (Lipinski definition) is 1. The largest absolute Gasteiger partial charge is 0.385 e. The second-order valence-corrected chi connectivity index (χ2v) is 4.45. The quantitative estimate of drug-likeness (QED) is 0.825. The summed E-state index contributed by atoms with van der Waals surface area (Å²) in [5.41, 5.74) is 0.612. The zero-order chi connectivity index (χ0) is 13.7. The number of hydrogen-bond acceptors (Lipinski definition) is 3. The third-order valence-corrected chi connectivity index (χ3v) is 2.95. The van der Waals surface area contributed by atoms with Crippen molar-refractivity contribution in [2.75, 3.05) is 19.0 Å². The van der Waals surface area contributed by atoms with Crippen LogP contribution in [-0.4, -0.2) is 23.3 Å². The molecule has 2 aromatic rings. The summed E-state index contributed by atoms with van der Waals surface area (Å²) in [6, 6.07) is 4.56. The number of aromatic nitrogens is 2. The molecule has 0 amide bonds. The SMILES string of the molecule is COCCCn1ccnc1Nc1ccc(Cl)c(F)c1. The molecule has 4 nitrogen and oxygen atoms in total. The zero-order valence-electron chi connectivity index (χ0n) is 10.6. The smallest absolute Gasteiger partial charge is 0.207 e. The van der Waals surface area contributed by atoms with Crippen LogP contribution in [0.3, 0.4) is 0 Å². The van der Waals surface area contributed by atoms with Gasteiger partial charge in [0.15, 0.2) is 0 Å². The summed E-state index contributed by atoms with van der Waals surface area (Å²) in [6.07, 6.45) is 4.45. The molecule has 0 fully saturated rings. The van der Waals surface area contributed by atoms with Crippen molar-refractivity contribution in [1.82, 2.24) is 9.55 Å². The third-order valence-electron chi connectivity index (χ3n) is 2.64. The highest BCUT2D eigenvalue weighted by molar-refractivity contribution is 6.30. The highest BCUT2D eigenvalue weighted by Crippen LogP contribution is 2.21. The molecule has 6 heteroatoms. The van der Waals surface area contributed by atoms with E-state index in [1.165, 1.54) is 12.1 Å². The zero-order valence-corrected chi connectivity index (χ0v) is 11.3. The fraction of sp³-hybridized carbons (Fsp3) is 0.308. The highest BCUT2D eigenvalue weighted by Gasteiger charge is 2.05. The Kier molecular flexibility index (Phi) is 4.76. The summed E-state index contributed by atoms with van der Waals surface area (Å²) >= 11 is 5.64. The lowest BCUT2D eigenvalue weighted by atomic mass is 10.3. The Balaban J connectivity index is 2.06. The maximum absolute atomic E-state index is 13.3. The molecule has 0 atom stereocenters. The molecule has 0 aliphatic heterocycles. The van der Waals surface area contributed by atoms with Crippen LogP contribution in [-0.2, 0) is 11.3 Å². The summed E-state index contributed by atoms with van der Waals surface area (Å²) in [5.74, 6) is 0.210. The van der Waals surface area contributed by atoms with Crippen molar-refractivity contribution in [3.05, 3.63) is 41.4 Å². The molecule has 0 radical (unpaired) electrons. The van der Waals surface area contributed by atoms with Crippen molar-refractivity contribution in [2.24, 2.45) is 0 Å². The third kappa shape index (κ3) is 3.68. The van der Waals surface area contributed by atoms with Gasteiger partial charge in [-0.1, -0.05) is 11.6 Å². The number of halogens is 2. The molecule has 1 N–H and O–H groups in total. The van der Waals surface area contributed by atoms with E-state index in [1.807, 2.05) is 10.8 Å². The average Bonchev–Trinajstić information content (AvgIpc) is 2.82. The van der Waals surface area contributed by atoms with Gasteiger partial charge in [0.05, 0.1) is 5.02 Å². The van der Waals surface area contributed by atoms with Gasteiger partial charge in [-0.2, -0.15) is 0 Å². The molecule has 0 aliphatic rings. The van der Waals surface area contributed by atoms with E-state index in [0.717, 1.165) is 13.0 Å². The summed E-state index contributed by atoms with van der Waals surface area (Å²) in [4.78, 5) is 4.20. The van der Waals surface area contributed by atoms with Crippen LogP contribution in [0.25, 0.3) is 0 Å². The van der Waals surface area contributed by atoms with Gasteiger partial charge in [-0.15, -0.1) is 0 Å². The van der Waals surface area contributed by atoms with Crippen molar-refractivity contribution < 1.29 is 9.13 Å². The molecule has 1 heterocycles. The first kappa shape index (κ1) is 13.8. The molecule has 0 unspecified atom stereocenters. The number of aryl methyl sites for hydroxylation is 1. The summed E-state index contributed by atoms with van der Waals surface area (Å²) in [6.45, 7) is 1.47. The summed E-state index contributed by atoms with van der Waals surface area (Å²) < 4.78 is 20.3. The van der Waals surface area contributed by atoms with E-state index >= 15 is 0 Å². The molecule has 0 aliphatic carbocycles. The van der Waals surface area contributed by atoms with Crippen LogP contribution < -0.4 is 5.32 Å². The van der Waals surface area contributed by atoms with Crippen molar-refractivity contribution in [1.29, 1.82) is 0 Å². The Morgan fingerprint density at radius 3 is 3.05 bits per heavy atom. The fourth-order valence-electron chi connectivity index (χ4n) is 1.70. The number of anilines is 2. The number of nitrogens with zero attached hydrogens (tertiary/aromatic N) is 2. The minimum atomic E-state index is -0.454. The lowest BCUT2D eigenvalue weighted by Crippen LogP contribution is -2.05. The molecule has 0 saturated carbocycles. The standard InChI is InChI=1S/C13H15ClFN3O/c1-19-8-2-6-18-7-5-16-13(18)17-10-3-4-11(14)12(15)9-10/h3-5,7,9H,2,6,8H2,1H3,(H,16,17). The second-order valence-electron chi connectivity index (χ2n) is 4.04. The maximum atomic E-state index is 13.3. The van der Waals surface area contributed by atoms with Gasteiger partial charge >= 0.3 is 0 Å². The maximum Gasteiger partial charge on any atom is 0.207 e. The van der Waals surface area contributed by atoms with E-state index in [1.54, 1.807) is 19.4 Å². The van der Waals surface area contributed by atoms with Crippen LogP contribution in [0.2, 0.25) is 5.02 Å². The molecule has 2 rings (SSSR count). The van der Waals surface area contributed by atoms with Crippen molar-refractivity contribution in [3.63, 3.8) is 0 Å². The van der Waals surface area contributed by atoms with Crippen LogP contribution in [0.1, 0.15) is 6.42 Å². The van der Waals surface area contributed by atoms with E-state index in [4.69, 9.17) is 16.3 Å². The minimum absolute atomic E-state index is 0.106. The molecule has 1 aromatic heterocycles. The highest BCUT2D eigenvalue weighted by atomic mass is 35.5. The Labute approximate surface area is 116 Å².